The zero-order chi connectivity index (χ0) is 107. The van der Waals surface area contributed by atoms with Crippen molar-refractivity contribution in [2.45, 2.75) is 330 Å². The molecule has 8 rings (SSSR count). The molecule has 0 unspecified atom stereocenters. The van der Waals surface area contributed by atoms with Gasteiger partial charge in [0, 0.05) is 90.9 Å². The lowest BCUT2D eigenvalue weighted by molar-refractivity contribution is -0.366. The molecule has 8 saturated heterocycles. The summed E-state index contributed by atoms with van der Waals surface area (Å²) in [6, 6.07) is -1.12. The van der Waals surface area contributed by atoms with E-state index in [1.807, 2.05) is 0 Å². The summed E-state index contributed by atoms with van der Waals surface area (Å²) in [7, 11) is 0. The number of hydrogen-bond acceptors (Lipinski definition) is 52. The number of rotatable bonds is 62. The lowest BCUT2D eigenvalue weighted by Crippen LogP contribution is -2.65. The van der Waals surface area contributed by atoms with E-state index in [-0.39, 0.29) is 122 Å². The van der Waals surface area contributed by atoms with Gasteiger partial charge in [0.1, 0.15) is 177 Å². The molecule has 0 aromatic heterocycles. The highest BCUT2D eigenvalue weighted by Gasteiger charge is 2.55. The summed E-state index contributed by atoms with van der Waals surface area (Å²) < 4.78 is 78.1. The van der Waals surface area contributed by atoms with Gasteiger partial charge in [-0.15, -0.1) is 5.06 Å². The maximum absolute atomic E-state index is 14.8. The Labute approximate surface area is 835 Å². The molecule has 0 aromatic carbocycles. The van der Waals surface area contributed by atoms with E-state index >= 15 is 0 Å². The van der Waals surface area contributed by atoms with Gasteiger partial charge in [-0.1, -0.05) is 12.8 Å². The monoisotopic (exact) mass is 2120 g/mol. The average Bonchev–Trinajstić information content (AvgIpc) is 0.940. The van der Waals surface area contributed by atoms with Gasteiger partial charge in [-0.05, 0) is 57.8 Å². The second kappa shape index (κ2) is 63.0. The van der Waals surface area contributed by atoms with Gasteiger partial charge >= 0.3 is 5.97 Å². The van der Waals surface area contributed by atoms with Gasteiger partial charge in [-0.2, -0.15) is 0 Å². The number of carbonyl (C=O) groups is 10. The first-order valence-corrected chi connectivity index (χ1v) is 48.5. The highest BCUT2D eigenvalue weighted by molar-refractivity contribution is 6.01. The van der Waals surface area contributed by atoms with Crippen molar-refractivity contribution in [2.75, 3.05) is 151 Å². The summed E-state index contributed by atoms with van der Waals surface area (Å²) in [4.78, 5) is 142. The first kappa shape index (κ1) is 124. The smallest absolute Gasteiger partial charge is 0.333 e. The second-order valence-electron chi connectivity index (χ2n) is 36.2. The minimum Gasteiger partial charge on any atom is -0.394 e. The molecule has 0 aromatic rings. The SMILES string of the molecule is O=C(CCCCC(=O)NCCO[C@H]1O[C@H](CO[C@H]2O[C@H](CO)[C@@H](O)[C@H](O)[C@@H]2O)[C@@H](O)[C@H](O[C@@H]2O[C@H](CO)[C@@H](O)[C@H](O)[C@@H]2O)[C@@H]1O)NCCCC[C@H](NC(=O)CCCCC(=O)ON1C(=O)CCC1=O)C(=O)NCCCCCCNC(=O)CN(CC(=O)N(CCO[C@H]1O[C@H](CO)[C@@H](O)[C@H](O)[C@@H]1O)CCO[C@H]1O[C@H](CO)[C@@H](O)[C@H](O)[C@@H]1O)CC(=O)N(CCO[C@H]1O[C@H](CO)[C@@H](O)[C@H](O)[C@@H]1O)CCO[C@H]1O[C@H](CO)[C@@H](O)[C@H](O)[C@@H]1O. The molecule has 0 radical (unpaired) electrons. The summed E-state index contributed by atoms with van der Waals surface area (Å²) in [5.41, 5.74) is 0. The third-order valence-corrected chi connectivity index (χ3v) is 25.4. The summed E-state index contributed by atoms with van der Waals surface area (Å²) in [5.74, 6) is -6.92. The fourth-order valence-electron chi connectivity index (χ4n) is 16.6. The van der Waals surface area contributed by atoms with E-state index in [0.29, 0.717) is 30.7 Å². The van der Waals surface area contributed by atoms with Crippen LogP contribution in [0, 0.1) is 0 Å². The van der Waals surface area contributed by atoms with Gasteiger partial charge in [-0.3, -0.25) is 48.1 Å². The molecular weight excluding hydrogens is 1970 g/mol. The van der Waals surface area contributed by atoms with Crippen LogP contribution in [-0.4, -0.2) is 584 Å². The van der Waals surface area contributed by atoms with E-state index in [4.69, 9.17) is 71.2 Å². The fourth-order valence-corrected chi connectivity index (χ4v) is 16.6. The van der Waals surface area contributed by atoms with Crippen LogP contribution in [0.5, 0.6) is 0 Å². The largest absolute Gasteiger partial charge is 0.394 e. The van der Waals surface area contributed by atoms with E-state index in [2.05, 4.69) is 26.6 Å². The molecule has 8 fully saturated rings. The number of aliphatic hydroxyl groups excluding tert-OH is 26. The van der Waals surface area contributed by atoms with Crippen LogP contribution in [0.2, 0.25) is 0 Å². The van der Waals surface area contributed by atoms with Crippen molar-refractivity contribution in [1.29, 1.82) is 0 Å². The topological polar surface area (TPSA) is 908 Å². The number of imide groups is 1. The van der Waals surface area contributed by atoms with Crippen molar-refractivity contribution in [2.24, 2.45) is 0 Å². The predicted octanol–water partition coefficient (Wildman–Crippen LogP) is -18.9. The van der Waals surface area contributed by atoms with E-state index in [9.17, 15) is 181 Å². The Morgan fingerprint density at radius 2 is 0.630 bits per heavy atom. The van der Waals surface area contributed by atoms with E-state index in [0.717, 1.165) is 14.7 Å². The minimum atomic E-state index is -2.00. The first-order chi connectivity index (χ1) is 69.6. The third-order valence-electron chi connectivity index (χ3n) is 25.4. The summed E-state index contributed by atoms with van der Waals surface area (Å²) in [6.07, 6.45) is -59.7. The van der Waals surface area contributed by atoms with Crippen LogP contribution in [0.4, 0.5) is 0 Å². The lowest BCUT2D eigenvalue weighted by Gasteiger charge is -2.46. The molecule has 842 valence electrons. The van der Waals surface area contributed by atoms with Crippen LogP contribution in [0.1, 0.15) is 109 Å². The molecule has 31 N–H and O–H groups in total. The number of carbonyl (C=O) groups excluding carboxylic acids is 10. The molecule has 36 atom stereocenters. The molecule has 0 spiro atoms. The molecule has 8 heterocycles. The maximum Gasteiger partial charge on any atom is 0.333 e. The summed E-state index contributed by atoms with van der Waals surface area (Å²) >= 11 is 0. The van der Waals surface area contributed by atoms with Crippen LogP contribution in [0.15, 0.2) is 0 Å². The molecule has 8 aliphatic rings. The number of ether oxygens (including phenoxy) is 14. The van der Waals surface area contributed by atoms with Gasteiger partial charge in [0.25, 0.3) is 11.8 Å². The van der Waals surface area contributed by atoms with Crippen molar-refractivity contribution in [3.63, 3.8) is 0 Å². The molecule has 60 nitrogen and oxygen atoms in total. The van der Waals surface area contributed by atoms with Crippen LogP contribution in [0.3, 0.4) is 0 Å². The Balaban J connectivity index is 0.844. The number of hydrogen-bond donors (Lipinski definition) is 31. The molecular formula is C86H147N9O51. The van der Waals surface area contributed by atoms with Crippen LogP contribution < -0.4 is 26.6 Å². The lowest BCUT2D eigenvalue weighted by atomic mass is 9.96. The third kappa shape index (κ3) is 36.8. The molecule has 9 amide bonds. The number of nitrogens with zero attached hydrogens (tertiary/aromatic N) is 4. The predicted molar refractivity (Wildman–Crippen MR) is 474 cm³/mol. The number of hydroxylamine groups is 2. The van der Waals surface area contributed by atoms with Gasteiger partial charge in [0.15, 0.2) is 44.0 Å². The Morgan fingerprint density at radius 3 is 1.02 bits per heavy atom. The molecule has 0 aliphatic carbocycles. The highest BCUT2D eigenvalue weighted by atomic mass is 16.8. The minimum absolute atomic E-state index is 0.0156. The van der Waals surface area contributed by atoms with Gasteiger partial charge in [0.2, 0.25) is 41.4 Å². The van der Waals surface area contributed by atoms with Crippen molar-refractivity contribution in [3.8, 4) is 0 Å². The fraction of sp³-hybridized carbons (Fsp3) is 0.884. The number of aliphatic hydroxyl groups is 26. The van der Waals surface area contributed by atoms with Crippen LogP contribution in [0.25, 0.3) is 0 Å². The first-order valence-electron chi connectivity index (χ1n) is 48.5. The van der Waals surface area contributed by atoms with Crippen molar-refractivity contribution in [1.82, 2.24) is 46.3 Å². The Kier molecular flexibility index (Phi) is 53.7. The molecule has 0 bridgehead atoms. The molecule has 146 heavy (non-hydrogen) atoms. The maximum atomic E-state index is 14.8. The van der Waals surface area contributed by atoms with Crippen LogP contribution in [-0.2, 0) is 119 Å². The quantitative estimate of drug-likeness (QED) is 0.0199. The molecule has 0 saturated carbocycles. The Morgan fingerprint density at radius 1 is 0.315 bits per heavy atom. The van der Waals surface area contributed by atoms with Gasteiger partial charge in [0.05, 0.1) is 98.9 Å². The van der Waals surface area contributed by atoms with E-state index in [1.165, 1.54) is 0 Å². The van der Waals surface area contributed by atoms with Crippen molar-refractivity contribution >= 4 is 59.1 Å². The van der Waals surface area contributed by atoms with E-state index in [1.54, 1.807) is 0 Å². The zero-order valence-electron chi connectivity index (χ0n) is 80.2. The Hall–Kier alpha value is -6.74. The standard InChI is InChI=1S/C86H147N9O51/c96-34-42-58(111)65(118)71(124)80(138-42)133-27-22-93(23-28-134-81-72(125)66(119)59(112)43(35-97)139-81)55(108)32-92(33-56(109)94(24-29-135-82-73(126)67(120)60(113)44(36-98)140-82)25-30-136-83-74(127)68(121)61(114)45(37-99)141-83)31-52(105)88-18-8-1-2-9-20-90-79(131)41(91-51(104)14-5-6-15-57(110)146-95-53(106)16-17-54(95)107)11-7-10-19-87-49(102)12-3-4-13-50(103)89-21-26-132-85-77(130)78(145-86-76(129)70(123)63(116)47(39-101)143-86)64(117)48(144-85)40-137-84-75(128)69(122)62(115)46(38-100)142-84/h41-48,58-78,80-86,96-101,111-130H,1-40H2,(H,87,102)(H,88,105)(H,89,103)(H,90,131)(H,91,104)/t41-,42+,43+,44+,45+,46+,47+,48+,58+,59+,60+,61+,62+,63+,64+,65-,66-,67-,68-,69-,70-,71-,72-,73-,74-,75-,76-,77-,78-,80-,81-,82-,83-,84-,85-,86-/m0/s1. The zero-order valence-corrected chi connectivity index (χ0v) is 80.2. The number of nitrogens with one attached hydrogen (secondary N) is 5. The van der Waals surface area contributed by atoms with Crippen molar-refractivity contribution < 1.29 is 252 Å². The Bertz CT molecular complexity index is 3720. The summed E-state index contributed by atoms with van der Waals surface area (Å²) in [6.45, 7) is -12.9. The average molecular weight is 2120 g/mol. The second-order valence-corrected chi connectivity index (χ2v) is 36.2. The molecule has 60 heteroatoms. The van der Waals surface area contributed by atoms with E-state index < -0.39 is 393 Å². The molecule has 8 aliphatic heterocycles. The highest BCUT2D eigenvalue weighted by Crippen LogP contribution is 2.34. The van der Waals surface area contributed by atoms with Gasteiger partial charge < -0.3 is 240 Å². The summed E-state index contributed by atoms with van der Waals surface area (Å²) in [5, 5.41) is 285. The van der Waals surface area contributed by atoms with Gasteiger partial charge in [-0.25, -0.2) is 4.79 Å². The van der Waals surface area contributed by atoms with Crippen LogP contribution >= 0.6 is 0 Å². The van der Waals surface area contributed by atoms with Crippen molar-refractivity contribution in [3.05, 3.63) is 0 Å². The normalized spacial score (nSPS) is 34.6. The number of unbranched alkanes of at least 4 members (excludes halogenated alkanes) is 6. The number of amides is 9.